The highest BCUT2D eigenvalue weighted by atomic mass is 16.7. The number of esters is 2. The lowest BCUT2D eigenvalue weighted by atomic mass is 9.81. The largest absolute Gasteiger partial charge is 0.463 e. The normalized spacial score (nSPS) is 19.4. The van der Waals surface area contributed by atoms with E-state index in [1.807, 2.05) is 6.92 Å². The third kappa shape index (κ3) is 12.1. The molecule has 1 N–H and O–H groups in total. The molecule has 0 bridgehead atoms. The molecule has 1 aliphatic carbocycles. The van der Waals surface area contributed by atoms with Crippen molar-refractivity contribution in [1.82, 2.24) is 14.1 Å². The Morgan fingerprint density at radius 1 is 0.837 bits per heavy atom. The Kier molecular flexibility index (Phi) is 14.9. The van der Waals surface area contributed by atoms with Crippen molar-refractivity contribution in [2.75, 3.05) is 13.2 Å². The highest BCUT2D eigenvalue weighted by Crippen LogP contribution is 2.32. The van der Waals surface area contributed by atoms with Crippen LogP contribution in [0.2, 0.25) is 0 Å². The zero-order chi connectivity index (χ0) is 32.2. The molecular formula is C31H53N3O9. The third-order valence-corrected chi connectivity index (χ3v) is 8.56. The van der Waals surface area contributed by atoms with E-state index in [-0.39, 0.29) is 43.6 Å². The van der Waals surface area contributed by atoms with Crippen LogP contribution in [-0.2, 0) is 41.6 Å². The van der Waals surface area contributed by atoms with E-state index in [9.17, 15) is 24.0 Å². The molecule has 0 spiro atoms. The van der Waals surface area contributed by atoms with E-state index >= 15 is 0 Å². The zero-order valence-electron chi connectivity index (χ0n) is 27.1. The van der Waals surface area contributed by atoms with Crippen molar-refractivity contribution in [3.05, 3.63) is 31.5 Å². The fourth-order valence-electron chi connectivity index (χ4n) is 5.18. The van der Waals surface area contributed by atoms with Crippen LogP contribution in [0, 0.1) is 17.3 Å². The summed E-state index contributed by atoms with van der Waals surface area (Å²) in [6, 6.07) is 0. The summed E-state index contributed by atoms with van der Waals surface area (Å²) >= 11 is 0. The van der Waals surface area contributed by atoms with Gasteiger partial charge in [-0.2, -0.15) is 0 Å². The van der Waals surface area contributed by atoms with Crippen LogP contribution in [0.4, 0.5) is 0 Å². The van der Waals surface area contributed by atoms with Gasteiger partial charge in [0.1, 0.15) is 0 Å². The minimum Gasteiger partial charge on any atom is -0.463 e. The minimum absolute atomic E-state index is 0.173. The first-order valence-corrected chi connectivity index (χ1v) is 15.8. The molecule has 1 aromatic rings. The Morgan fingerprint density at radius 3 is 1.81 bits per heavy atom. The van der Waals surface area contributed by atoms with Crippen LogP contribution in [0.1, 0.15) is 106 Å². The Bertz CT molecular complexity index is 1190. The Morgan fingerprint density at radius 2 is 1.33 bits per heavy atom. The smallest absolute Gasteiger partial charge is 0.336 e. The molecule has 12 nitrogen and oxygen atoms in total. The van der Waals surface area contributed by atoms with E-state index in [4.69, 9.17) is 18.9 Å². The van der Waals surface area contributed by atoms with E-state index < -0.39 is 35.3 Å². The number of nitrogens with zero attached hydrogens (tertiary/aromatic N) is 2. The first-order valence-electron chi connectivity index (χ1n) is 15.8. The third-order valence-electron chi connectivity index (χ3n) is 8.56. The summed E-state index contributed by atoms with van der Waals surface area (Å²) in [5.74, 6) is -0.276. The van der Waals surface area contributed by atoms with Crippen molar-refractivity contribution < 1.29 is 28.5 Å². The molecule has 3 atom stereocenters. The number of carbonyl (C=O) groups excluding carboxylic acids is 2. The topological polar surface area (TPSA) is 148 Å². The van der Waals surface area contributed by atoms with Gasteiger partial charge < -0.3 is 18.9 Å². The standard InChI is InChI=1S/C31H53N3O9/c1-8-16-31(6,7)22(4)40-19-24-10-12-25(13-11-24)20-41-23(5)43-27(36)15-18-34-29(38)32-28(37)33(30(34)39)17-14-26(35)42-21(3)9-2/h21-25H,8-20H2,1-7H3,(H,32,37,38). The average Bonchev–Trinajstić information content (AvgIpc) is 2.94. The average molecular weight is 612 g/mol. The number of H-pyrrole nitrogens is 1. The van der Waals surface area contributed by atoms with Gasteiger partial charge in [-0.25, -0.2) is 23.5 Å². The van der Waals surface area contributed by atoms with Crippen LogP contribution in [-0.4, -0.2) is 57.8 Å². The van der Waals surface area contributed by atoms with Crippen LogP contribution < -0.4 is 17.1 Å². The number of aromatic nitrogens is 3. The van der Waals surface area contributed by atoms with Crippen molar-refractivity contribution >= 4 is 11.9 Å². The molecule has 0 saturated heterocycles. The van der Waals surface area contributed by atoms with Crippen molar-refractivity contribution in [3.8, 4) is 0 Å². The van der Waals surface area contributed by atoms with Crippen LogP contribution in [0.3, 0.4) is 0 Å². The molecule has 1 fully saturated rings. The lowest BCUT2D eigenvalue weighted by Gasteiger charge is -2.34. The maximum absolute atomic E-state index is 12.8. The van der Waals surface area contributed by atoms with Gasteiger partial charge >= 0.3 is 29.0 Å². The Balaban J connectivity index is 1.76. The summed E-state index contributed by atoms with van der Waals surface area (Å²) < 4.78 is 24.0. The second kappa shape index (κ2) is 17.5. The molecule has 246 valence electrons. The first-order chi connectivity index (χ1) is 20.3. The van der Waals surface area contributed by atoms with Crippen LogP contribution in [0.25, 0.3) is 0 Å². The number of rotatable bonds is 18. The van der Waals surface area contributed by atoms with Crippen LogP contribution in [0.5, 0.6) is 0 Å². The molecule has 3 unspecified atom stereocenters. The first kappa shape index (κ1) is 36.5. The number of nitrogens with one attached hydrogen (secondary N) is 1. The fraction of sp³-hybridized carbons (Fsp3) is 0.839. The van der Waals surface area contributed by atoms with Gasteiger partial charge in [0, 0.05) is 19.7 Å². The molecule has 0 aliphatic heterocycles. The summed E-state index contributed by atoms with van der Waals surface area (Å²) in [5, 5.41) is 0. The predicted molar refractivity (Wildman–Crippen MR) is 162 cm³/mol. The van der Waals surface area contributed by atoms with Gasteiger partial charge in [-0.15, -0.1) is 0 Å². The lowest BCUT2D eigenvalue weighted by Crippen LogP contribution is -2.50. The van der Waals surface area contributed by atoms with Crippen molar-refractivity contribution in [2.24, 2.45) is 17.3 Å². The van der Waals surface area contributed by atoms with Gasteiger partial charge in [0.15, 0.2) is 6.29 Å². The van der Waals surface area contributed by atoms with E-state index in [0.29, 0.717) is 24.9 Å². The maximum Gasteiger partial charge on any atom is 0.336 e. The quantitative estimate of drug-likeness (QED) is 0.193. The summed E-state index contributed by atoms with van der Waals surface area (Å²) in [4.78, 5) is 63.5. The molecule has 0 aromatic carbocycles. The fourth-order valence-corrected chi connectivity index (χ4v) is 5.18. The second-order valence-corrected chi connectivity index (χ2v) is 12.5. The number of hydrogen-bond donors (Lipinski definition) is 1. The van der Waals surface area contributed by atoms with E-state index in [1.54, 1.807) is 13.8 Å². The molecule has 43 heavy (non-hydrogen) atoms. The van der Waals surface area contributed by atoms with Crippen molar-refractivity contribution in [3.63, 3.8) is 0 Å². The Hall–Kier alpha value is -2.73. The molecule has 1 aromatic heterocycles. The number of aromatic amines is 1. The van der Waals surface area contributed by atoms with Gasteiger partial charge in [0.2, 0.25) is 0 Å². The lowest BCUT2D eigenvalue weighted by molar-refractivity contribution is -0.178. The molecule has 12 heteroatoms. The van der Waals surface area contributed by atoms with Gasteiger partial charge in [-0.1, -0.05) is 34.1 Å². The van der Waals surface area contributed by atoms with Gasteiger partial charge in [0.05, 0.1) is 31.7 Å². The number of ether oxygens (including phenoxy) is 4. The Labute approximate surface area is 254 Å². The zero-order valence-corrected chi connectivity index (χ0v) is 27.1. The minimum atomic E-state index is -0.939. The summed E-state index contributed by atoms with van der Waals surface area (Å²) in [5.41, 5.74) is -2.61. The number of carbonyl (C=O) groups is 2. The molecule has 0 radical (unpaired) electrons. The van der Waals surface area contributed by atoms with E-state index in [0.717, 1.165) is 54.3 Å². The second-order valence-electron chi connectivity index (χ2n) is 12.5. The number of hydrogen-bond acceptors (Lipinski definition) is 9. The monoisotopic (exact) mass is 611 g/mol. The molecule has 1 aliphatic rings. The predicted octanol–water partition coefficient (Wildman–Crippen LogP) is 3.76. The molecule has 2 rings (SSSR count). The van der Waals surface area contributed by atoms with Gasteiger partial charge in [-0.3, -0.25) is 14.6 Å². The van der Waals surface area contributed by atoms with Crippen LogP contribution in [0.15, 0.2) is 14.4 Å². The molecule has 0 amide bonds. The van der Waals surface area contributed by atoms with E-state index in [1.165, 1.54) is 0 Å². The summed E-state index contributed by atoms with van der Waals surface area (Å²) in [7, 11) is 0. The highest BCUT2D eigenvalue weighted by molar-refractivity contribution is 5.69. The molecular weight excluding hydrogens is 558 g/mol. The summed E-state index contributed by atoms with van der Waals surface area (Å²) in [6.07, 6.45) is 5.79. The summed E-state index contributed by atoms with van der Waals surface area (Å²) in [6.45, 7) is 14.8. The maximum atomic E-state index is 12.8. The van der Waals surface area contributed by atoms with Crippen molar-refractivity contribution in [1.29, 1.82) is 0 Å². The molecule has 1 saturated carbocycles. The SMILES string of the molecule is CCCC(C)(C)C(C)OCC1CCC(COC(C)OC(=O)CCn2c(=O)[nH]c(=O)n(CCC(=O)OC(C)CC)c2=O)CC1. The van der Waals surface area contributed by atoms with Gasteiger partial charge in [0.25, 0.3) is 0 Å². The van der Waals surface area contributed by atoms with Crippen molar-refractivity contribution in [2.45, 2.75) is 138 Å². The highest BCUT2D eigenvalue weighted by Gasteiger charge is 2.28. The van der Waals surface area contributed by atoms with Gasteiger partial charge in [-0.05, 0) is 76.5 Å². The van der Waals surface area contributed by atoms with Crippen LogP contribution >= 0.6 is 0 Å². The molecule has 1 heterocycles. The van der Waals surface area contributed by atoms with E-state index in [2.05, 4.69) is 32.7 Å².